The molecule has 1 aromatic carbocycles. The molecular weight excluding hydrogens is 252 g/mol. The lowest BCUT2D eigenvalue weighted by atomic mass is 10.1. The van der Waals surface area contributed by atoms with Gasteiger partial charge in [-0.2, -0.15) is 0 Å². The lowest BCUT2D eigenvalue weighted by Crippen LogP contribution is -2.17. The number of nitro groups is 1. The van der Waals surface area contributed by atoms with Crippen LogP contribution in [-0.2, 0) is 10.8 Å². The molecule has 0 aliphatic carbocycles. The topological polar surface area (TPSA) is 72.2 Å². The summed E-state index contributed by atoms with van der Waals surface area (Å²) in [6, 6.07) is 5.15. The summed E-state index contributed by atoms with van der Waals surface area (Å²) in [6.45, 7) is 3.72. The van der Waals surface area contributed by atoms with Crippen LogP contribution in [0.25, 0.3) is 0 Å². The predicted molar refractivity (Wildman–Crippen MR) is 74.5 cm³/mol. The number of hydrogen-bond donors (Lipinski definition) is 1. The largest absolute Gasteiger partial charge is 0.383 e. The molecule has 6 heteroatoms. The number of hydrogen-bond acceptors (Lipinski definition) is 4. The summed E-state index contributed by atoms with van der Waals surface area (Å²) in [5, 5.41) is 13.9. The molecule has 1 rings (SSSR count). The minimum absolute atomic E-state index is 0.128. The van der Waals surface area contributed by atoms with Crippen LogP contribution in [0.1, 0.15) is 18.9 Å². The van der Waals surface area contributed by atoms with Crippen molar-refractivity contribution in [3.8, 4) is 0 Å². The summed E-state index contributed by atoms with van der Waals surface area (Å²) in [6.07, 6.45) is 2.49. The third kappa shape index (κ3) is 4.44. The van der Waals surface area contributed by atoms with Gasteiger partial charge in [-0.25, -0.2) is 0 Å². The van der Waals surface area contributed by atoms with Gasteiger partial charge in [0.1, 0.15) is 0 Å². The van der Waals surface area contributed by atoms with E-state index in [1.54, 1.807) is 25.3 Å². The summed E-state index contributed by atoms with van der Waals surface area (Å²) in [5.74, 6) is 0.653. The molecule has 0 heterocycles. The minimum Gasteiger partial charge on any atom is -0.383 e. The van der Waals surface area contributed by atoms with E-state index in [0.717, 1.165) is 12.1 Å². The number of aryl methyl sites for hydroxylation is 1. The van der Waals surface area contributed by atoms with E-state index in [0.29, 0.717) is 11.3 Å². The number of benzene rings is 1. The zero-order valence-electron chi connectivity index (χ0n) is 10.8. The van der Waals surface area contributed by atoms with Gasteiger partial charge in [-0.05, 0) is 32.4 Å². The van der Waals surface area contributed by atoms with E-state index in [1.807, 2.05) is 6.92 Å². The van der Waals surface area contributed by atoms with E-state index in [4.69, 9.17) is 0 Å². The van der Waals surface area contributed by atoms with E-state index < -0.39 is 10.8 Å². The standard InChI is InChI=1S/C12H18N2O3S/c1-9-8-11(4-5-12(9)14(15)16)13-10(2)6-7-18(3)17/h4-5,8,10,13H,6-7H2,1-3H3. The molecule has 0 aliphatic heterocycles. The maximum atomic E-state index is 11.0. The van der Waals surface area contributed by atoms with Crippen LogP contribution in [0, 0.1) is 17.0 Å². The Morgan fingerprint density at radius 1 is 1.50 bits per heavy atom. The first-order valence-corrected chi connectivity index (χ1v) is 7.44. The van der Waals surface area contributed by atoms with Crippen LogP contribution in [0.3, 0.4) is 0 Å². The molecule has 1 aromatic rings. The van der Waals surface area contributed by atoms with Crippen molar-refractivity contribution in [3.63, 3.8) is 0 Å². The molecule has 0 fully saturated rings. The summed E-state index contributed by atoms with van der Waals surface area (Å²) >= 11 is 0. The zero-order chi connectivity index (χ0) is 13.7. The van der Waals surface area contributed by atoms with Crippen LogP contribution in [0.5, 0.6) is 0 Å². The van der Waals surface area contributed by atoms with E-state index in [2.05, 4.69) is 5.32 Å². The van der Waals surface area contributed by atoms with Gasteiger partial charge in [0.25, 0.3) is 5.69 Å². The lowest BCUT2D eigenvalue weighted by molar-refractivity contribution is -0.385. The molecule has 0 aliphatic rings. The van der Waals surface area contributed by atoms with Gasteiger partial charge < -0.3 is 5.32 Å². The van der Waals surface area contributed by atoms with Gasteiger partial charge in [0.2, 0.25) is 0 Å². The second kappa shape index (κ2) is 6.49. The molecule has 0 saturated heterocycles. The summed E-state index contributed by atoms with van der Waals surface area (Å²) in [5.41, 5.74) is 1.62. The summed E-state index contributed by atoms with van der Waals surface area (Å²) in [4.78, 5) is 10.3. The Bertz CT molecular complexity index is 463. The van der Waals surface area contributed by atoms with Crippen molar-refractivity contribution in [3.05, 3.63) is 33.9 Å². The normalized spacial score (nSPS) is 13.9. The summed E-state index contributed by atoms with van der Waals surface area (Å²) in [7, 11) is -0.788. The minimum atomic E-state index is -0.788. The second-order valence-corrected chi connectivity index (χ2v) is 5.92. The second-order valence-electron chi connectivity index (χ2n) is 4.37. The quantitative estimate of drug-likeness (QED) is 0.636. The van der Waals surface area contributed by atoms with E-state index in [1.165, 1.54) is 6.07 Å². The average Bonchev–Trinajstić information content (AvgIpc) is 2.26. The van der Waals surface area contributed by atoms with Crippen LogP contribution in [0.15, 0.2) is 18.2 Å². The number of rotatable bonds is 6. The molecule has 100 valence electrons. The Labute approximate surface area is 109 Å². The smallest absolute Gasteiger partial charge is 0.272 e. The van der Waals surface area contributed by atoms with Gasteiger partial charge in [-0.1, -0.05) is 0 Å². The first-order valence-electron chi connectivity index (χ1n) is 5.71. The molecule has 2 unspecified atom stereocenters. The number of anilines is 1. The Morgan fingerprint density at radius 2 is 2.17 bits per heavy atom. The Balaban J connectivity index is 2.65. The van der Waals surface area contributed by atoms with Crippen LogP contribution < -0.4 is 5.32 Å². The van der Waals surface area contributed by atoms with Gasteiger partial charge >= 0.3 is 0 Å². The Hall–Kier alpha value is -1.43. The maximum absolute atomic E-state index is 11.0. The van der Waals surface area contributed by atoms with Gasteiger partial charge in [-0.15, -0.1) is 0 Å². The highest BCUT2D eigenvalue weighted by molar-refractivity contribution is 7.84. The molecule has 0 aromatic heterocycles. The molecule has 18 heavy (non-hydrogen) atoms. The van der Waals surface area contributed by atoms with Crippen molar-refractivity contribution in [2.24, 2.45) is 0 Å². The Kier molecular flexibility index (Phi) is 5.27. The molecule has 0 amide bonds. The number of nitrogens with one attached hydrogen (secondary N) is 1. The first-order chi connectivity index (χ1) is 8.40. The number of nitro benzene ring substituents is 1. The monoisotopic (exact) mass is 270 g/mol. The fourth-order valence-electron chi connectivity index (χ4n) is 1.65. The highest BCUT2D eigenvalue weighted by atomic mass is 32.2. The molecule has 0 bridgehead atoms. The molecule has 0 saturated carbocycles. The predicted octanol–water partition coefficient (Wildman–Crippen LogP) is 2.47. The molecule has 0 spiro atoms. The Morgan fingerprint density at radius 3 is 2.67 bits per heavy atom. The average molecular weight is 270 g/mol. The van der Waals surface area contributed by atoms with Crippen LogP contribution in [-0.4, -0.2) is 27.2 Å². The van der Waals surface area contributed by atoms with Gasteiger partial charge in [0.05, 0.1) is 4.92 Å². The van der Waals surface area contributed by atoms with Crippen molar-refractivity contribution in [1.29, 1.82) is 0 Å². The molecule has 2 atom stereocenters. The molecule has 0 radical (unpaired) electrons. The molecular formula is C12H18N2O3S. The van der Waals surface area contributed by atoms with Crippen LogP contribution >= 0.6 is 0 Å². The van der Waals surface area contributed by atoms with Crippen molar-refractivity contribution in [2.45, 2.75) is 26.3 Å². The fourth-order valence-corrected chi connectivity index (χ4v) is 2.34. The molecule has 1 N–H and O–H groups in total. The van der Waals surface area contributed by atoms with E-state index in [-0.39, 0.29) is 16.7 Å². The van der Waals surface area contributed by atoms with Crippen molar-refractivity contribution in [2.75, 3.05) is 17.3 Å². The zero-order valence-corrected chi connectivity index (χ0v) is 11.6. The molecule has 5 nitrogen and oxygen atoms in total. The van der Waals surface area contributed by atoms with Gasteiger partial charge in [-0.3, -0.25) is 14.3 Å². The fraction of sp³-hybridized carbons (Fsp3) is 0.500. The van der Waals surface area contributed by atoms with Gasteiger partial charge in [0.15, 0.2) is 0 Å². The first kappa shape index (κ1) is 14.6. The van der Waals surface area contributed by atoms with E-state index in [9.17, 15) is 14.3 Å². The van der Waals surface area contributed by atoms with E-state index >= 15 is 0 Å². The number of nitrogens with zero attached hydrogens (tertiary/aromatic N) is 1. The maximum Gasteiger partial charge on any atom is 0.272 e. The highest BCUT2D eigenvalue weighted by Gasteiger charge is 2.11. The SMILES string of the molecule is Cc1cc(NC(C)CCS(C)=O)ccc1[N+](=O)[O-]. The van der Waals surface area contributed by atoms with Crippen molar-refractivity contribution < 1.29 is 9.13 Å². The van der Waals surface area contributed by atoms with Crippen molar-refractivity contribution >= 4 is 22.2 Å². The van der Waals surface area contributed by atoms with Gasteiger partial charge in [0, 0.05) is 46.2 Å². The highest BCUT2D eigenvalue weighted by Crippen LogP contribution is 2.22. The third-order valence-corrected chi connectivity index (χ3v) is 3.46. The summed E-state index contributed by atoms with van der Waals surface area (Å²) < 4.78 is 11.0. The van der Waals surface area contributed by atoms with Crippen molar-refractivity contribution in [1.82, 2.24) is 0 Å². The van der Waals surface area contributed by atoms with Crippen LogP contribution in [0.2, 0.25) is 0 Å². The third-order valence-electron chi connectivity index (χ3n) is 2.64. The lowest BCUT2D eigenvalue weighted by Gasteiger charge is -2.14. The van der Waals surface area contributed by atoms with Crippen LogP contribution in [0.4, 0.5) is 11.4 Å².